The second-order valence-electron chi connectivity index (χ2n) is 7.67. The van der Waals surface area contributed by atoms with Crippen LogP contribution in [0.25, 0.3) is 16.9 Å². The first-order valence-electron chi connectivity index (χ1n) is 10.0. The van der Waals surface area contributed by atoms with Crippen LogP contribution in [0.1, 0.15) is 20.8 Å². The molecule has 1 N–H and O–H groups in total. The molecule has 0 saturated carbocycles. The van der Waals surface area contributed by atoms with Crippen molar-refractivity contribution >= 4 is 21.3 Å². The Morgan fingerprint density at radius 2 is 1.85 bits per heavy atom. The fraction of sp³-hybridized carbons (Fsp3) is 0.474. The summed E-state index contributed by atoms with van der Waals surface area (Å²) in [4.78, 5) is 12.1. The Morgan fingerprint density at radius 3 is 2.41 bits per heavy atom. The molecule has 0 aliphatic heterocycles. The lowest BCUT2D eigenvalue weighted by Gasteiger charge is -2.19. The van der Waals surface area contributed by atoms with Gasteiger partial charge in [0, 0.05) is 12.7 Å². The van der Waals surface area contributed by atoms with Gasteiger partial charge in [-0.2, -0.15) is 27.1 Å². The minimum Gasteiger partial charge on any atom is -0.470 e. The van der Waals surface area contributed by atoms with Crippen LogP contribution >= 0.6 is 0 Å². The van der Waals surface area contributed by atoms with Gasteiger partial charge in [-0.1, -0.05) is 20.8 Å². The highest BCUT2D eigenvalue weighted by Gasteiger charge is 2.58. The maximum atomic E-state index is 13.1. The molecule has 15 heteroatoms. The number of nitrogens with zero attached hydrogens (tertiary/aromatic N) is 5. The number of anilines is 1. The first-order valence-corrected chi connectivity index (χ1v) is 11.7. The fourth-order valence-electron chi connectivity index (χ4n) is 2.66. The van der Waals surface area contributed by atoms with Crippen molar-refractivity contribution in [3.63, 3.8) is 0 Å². The molecule has 0 fully saturated rings. The van der Waals surface area contributed by atoms with Crippen LogP contribution in [0.5, 0.6) is 5.88 Å². The van der Waals surface area contributed by atoms with Crippen LogP contribution < -0.4 is 10.1 Å². The molecule has 3 aromatic rings. The normalized spacial score (nSPS) is 13.0. The quantitative estimate of drug-likeness (QED) is 0.437. The summed E-state index contributed by atoms with van der Waals surface area (Å²) in [5, 5.41) is 6.89. The molecule has 34 heavy (non-hydrogen) atoms. The van der Waals surface area contributed by atoms with E-state index >= 15 is 0 Å². The second-order valence-corrected chi connectivity index (χ2v) is 9.86. The van der Waals surface area contributed by atoms with Crippen LogP contribution in [0.4, 0.5) is 27.8 Å². The molecule has 0 aliphatic rings. The first-order chi connectivity index (χ1) is 15.7. The van der Waals surface area contributed by atoms with E-state index in [1.165, 1.54) is 17.6 Å². The second kappa shape index (κ2) is 9.27. The Balaban J connectivity index is 2.01. The average molecular weight is 508 g/mol. The van der Waals surface area contributed by atoms with E-state index in [1.54, 1.807) is 6.07 Å². The zero-order chi connectivity index (χ0) is 25.3. The Bertz CT molecular complexity index is 1260. The topological polar surface area (TPSA) is 111 Å². The van der Waals surface area contributed by atoms with Crippen molar-refractivity contribution in [2.75, 3.05) is 24.2 Å². The zero-order valence-corrected chi connectivity index (χ0v) is 19.1. The van der Waals surface area contributed by atoms with Crippen molar-refractivity contribution in [1.82, 2.24) is 24.6 Å². The lowest BCUT2D eigenvalue weighted by atomic mass is 10.2. The standard InChI is InChI=1S/C19H21F5N6O3S/c1-4-34(31,32)17-15(16-28-13(26-7-11(2)3)5-6-30(16)29-17)12-8-27-14(9-25-12)33-10-18(20,21)19(22,23)24/h5-6,8-9,11H,4,7,10H2,1-3H3,(H,26,28). The van der Waals surface area contributed by atoms with E-state index in [1.807, 2.05) is 13.8 Å². The SMILES string of the molecule is CCS(=O)(=O)c1nn2ccc(NCC(C)C)nc2c1-c1cnc(OCC(F)(F)C(F)(F)F)cn1. The molecule has 0 atom stereocenters. The number of aromatic nitrogens is 5. The van der Waals surface area contributed by atoms with E-state index in [0.29, 0.717) is 18.3 Å². The average Bonchev–Trinajstić information content (AvgIpc) is 3.15. The third kappa shape index (κ3) is 5.34. The van der Waals surface area contributed by atoms with Crippen LogP contribution in [0.3, 0.4) is 0 Å². The Kier molecular flexibility index (Phi) is 6.96. The number of hydrogen-bond donors (Lipinski definition) is 1. The molecule has 0 aliphatic carbocycles. The summed E-state index contributed by atoms with van der Waals surface area (Å²) in [6, 6.07) is 1.61. The number of halogens is 5. The molecule has 3 rings (SSSR count). The number of nitrogens with one attached hydrogen (secondary N) is 1. The largest absolute Gasteiger partial charge is 0.470 e. The zero-order valence-electron chi connectivity index (χ0n) is 18.3. The molecule has 0 saturated heterocycles. The Morgan fingerprint density at radius 1 is 1.15 bits per heavy atom. The molecule has 9 nitrogen and oxygen atoms in total. The van der Waals surface area contributed by atoms with Gasteiger partial charge in [0.05, 0.1) is 29.4 Å². The van der Waals surface area contributed by atoms with Crippen molar-refractivity contribution in [3.05, 3.63) is 24.7 Å². The van der Waals surface area contributed by atoms with Gasteiger partial charge in [-0.05, 0) is 12.0 Å². The van der Waals surface area contributed by atoms with Gasteiger partial charge in [-0.25, -0.2) is 27.9 Å². The summed E-state index contributed by atoms with van der Waals surface area (Å²) in [6.45, 7) is 4.02. The number of rotatable bonds is 9. The van der Waals surface area contributed by atoms with Gasteiger partial charge in [-0.3, -0.25) is 0 Å². The molecule has 3 aromatic heterocycles. The van der Waals surface area contributed by atoms with Gasteiger partial charge in [-0.15, -0.1) is 0 Å². The number of alkyl halides is 5. The summed E-state index contributed by atoms with van der Waals surface area (Å²) in [5.41, 5.74) is 0.104. The molecule has 0 amide bonds. The molecular formula is C19H21F5N6O3S. The van der Waals surface area contributed by atoms with Crippen LogP contribution in [0.2, 0.25) is 0 Å². The van der Waals surface area contributed by atoms with Crippen molar-refractivity contribution < 1.29 is 35.1 Å². The van der Waals surface area contributed by atoms with Crippen LogP contribution in [0, 0.1) is 5.92 Å². The summed E-state index contributed by atoms with van der Waals surface area (Å²) in [5.74, 6) is -5.20. The highest BCUT2D eigenvalue weighted by atomic mass is 32.2. The van der Waals surface area contributed by atoms with Crippen molar-refractivity contribution in [3.8, 4) is 17.1 Å². The lowest BCUT2D eigenvalue weighted by Crippen LogP contribution is -2.41. The number of ether oxygens (including phenoxy) is 1. The molecule has 0 bridgehead atoms. The fourth-order valence-corrected chi connectivity index (χ4v) is 3.65. The van der Waals surface area contributed by atoms with Crippen molar-refractivity contribution in [2.45, 2.75) is 37.9 Å². The van der Waals surface area contributed by atoms with Crippen LogP contribution in [0.15, 0.2) is 29.7 Å². The molecule has 186 valence electrons. The van der Waals surface area contributed by atoms with Crippen LogP contribution in [-0.4, -0.2) is 64.0 Å². The van der Waals surface area contributed by atoms with Crippen molar-refractivity contribution in [1.29, 1.82) is 0 Å². The van der Waals surface area contributed by atoms with Gasteiger partial charge in [0.15, 0.2) is 27.1 Å². The monoisotopic (exact) mass is 508 g/mol. The smallest absolute Gasteiger partial charge is 0.456 e. The number of hydrogen-bond acceptors (Lipinski definition) is 8. The van der Waals surface area contributed by atoms with E-state index in [2.05, 4.69) is 30.1 Å². The Labute approximate surface area is 191 Å². The maximum Gasteiger partial charge on any atom is 0.456 e. The van der Waals surface area contributed by atoms with E-state index in [4.69, 9.17) is 0 Å². The van der Waals surface area contributed by atoms with Crippen molar-refractivity contribution in [2.24, 2.45) is 5.92 Å². The predicted molar refractivity (Wildman–Crippen MR) is 112 cm³/mol. The minimum absolute atomic E-state index is 0.00900. The molecule has 3 heterocycles. The number of fused-ring (bicyclic) bond motifs is 1. The summed E-state index contributed by atoms with van der Waals surface area (Å²) < 4.78 is 94.1. The van der Waals surface area contributed by atoms with Crippen LogP contribution in [-0.2, 0) is 9.84 Å². The molecule has 0 aromatic carbocycles. The molecule has 0 unspecified atom stereocenters. The number of sulfone groups is 1. The lowest BCUT2D eigenvalue weighted by molar-refractivity contribution is -0.290. The first kappa shape index (κ1) is 25.5. The third-order valence-corrected chi connectivity index (χ3v) is 6.15. The van der Waals surface area contributed by atoms with E-state index in [9.17, 15) is 30.4 Å². The summed E-state index contributed by atoms with van der Waals surface area (Å²) in [7, 11) is -3.85. The maximum absolute atomic E-state index is 13.1. The van der Waals surface area contributed by atoms with Gasteiger partial charge < -0.3 is 10.1 Å². The van der Waals surface area contributed by atoms with Gasteiger partial charge in [0.1, 0.15) is 5.82 Å². The van der Waals surface area contributed by atoms with E-state index in [-0.39, 0.29) is 27.7 Å². The Hall–Kier alpha value is -3.10. The van der Waals surface area contributed by atoms with Gasteiger partial charge in [0.2, 0.25) is 5.88 Å². The van der Waals surface area contributed by atoms with E-state index in [0.717, 1.165) is 12.4 Å². The molecular weight excluding hydrogens is 487 g/mol. The predicted octanol–water partition coefficient (Wildman–Crippen LogP) is 3.62. The highest BCUT2D eigenvalue weighted by molar-refractivity contribution is 7.91. The molecule has 0 spiro atoms. The van der Waals surface area contributed by atoms with Gasteiger partial charge >= 0.3 is 12.1 Å². The molecule has 0 radical (unpaired) electrons. The van der Waals surface area contributed by atoms with Gasteiger partial charge in [0.25, 0.3) is 0 Å². The minimum atomic E-state index is -5.78. The summed E-state index contributed by atoms with van der Waals surface area (Å²) in [6.07, 6.45) is -2.47. The third-order valence-electron chi connectivity index (χ3n) is 4.52. The summed E-state index contributed by atoms with van der Waals surface area (Å²) >= 11 is 0. The van der Waals surface area contributed by atoms with E-state index < -0.39 is 34.4 Å². The highest BCUT2D eigenvalue weighted by Crippen LogP contribution is 2.36.